The second-order valence-corrected chi connectivity index (χ2v) is 5.16. The lowest BCUT2D eigenvalue weighted by Gasteiger charge is -2.11. The molecule has 0 bridgehead atoms. The second-order valence-electron chi connectivity index (χ2n) is 3.37. The molecule has 2 aliphatic rings. The lowest BCUT2D eigenvalue weighted by atomic mass is 10.4. The first-order valence-electron chi connectivity index (χ1n) is 4.31. The van der Waals surface area contributed by atoms with Crippen LogP contribution in [0, 0.1) is 5.92 Å². The van der Waals surface area contributed by atoms with E-state index in [0.29, 0.717) is 12.2 Å². The molecule has 1 saturated carbocycles. The summed E-state index contributed by atoms with van der Waals surface area (Å²) in [5.74, 6) is 0.559. The molecule has 74 valence electrons. The quantitative estimate of drug-likeness (QED) is 0.593. The van der Waals surface area contributed by atoms with Crippen LogP contribution in [0.5, 0.6) is 0 Å². The van der Waals surface area contributed by atoms with Crippen molar-refractivity contribution in [2.75, 3.05) is 0 Å². The average Bonchev–Trinajstić information content (AvgIpc) is 2.64. The first-order valence-corrected chi connectivity index (χ1v) is 5.67. The number of halogens is 1. The summed E-state index contributed by atoms with van der Waals surface area (Å²) in [5, 5.41) is 0.722. The zero-order valence-corrected chi connectivity index (χ0v) is 8.06. The number of carbonyl (C=O) groups excluding carboxylic acids is 1. The van der Waals surface area contributed by atoms with Crippen molar-refractivity contribution in [3.8, 4) is 0 Å². The van der Waals surface area contributed by atoms with Gasteiger partial charge in [0.1, 0.15) is 12.5 Å². The number of rotatable bonds is 2. The van der Waals surface area contributed by atoms with Gasteiger partial charge in [-0.25, -0.2) is 14.4 Å². The topological polar surface area (TPSA) is 47.2 Å². The summed E-state index contributed by atoms with van der Waals surface area (Å²) in [6, 6.07) is 0. The Kier molecular flexibility index (Phi) is 1.55. The van der Waals surface area contributed by atoms with E-state index in [1.807, 2.05) is 0 Å². The first-order chi connectivity index (χ1) is 6.81. The molecule has 1 fully saturated rings. The van der Waals surface area contributed by atoms with Gasteiger partial charge in [-0.2, -0.15) is 0 Å². The van der Waals surface area contributed by atoms with Crippen LogP contribution in [-0.4, -0.2) is 25.8 Å². The summed E-state index contributed by atoms with van der Waals surface area (Å²) in [4.78, 5) is 19.0. The minimum atomic E-state index is -1.11. The predicted octanol–water partition coefficient (Wildman–Crippen LogP) is 1.24. The molecule has 1 aromatic heterocycles. The third kappa shape index (κ3) is 0.971. The zero-order valence-electron chi connectivity index (χ0n) is 7.17. The summed E-state index contributed by atoms with van der Waals surface area (Å²) in [6.45, 7) is 0. The molecule has 1 aliphatic heterocycles. The standard InChI is InChI=1S/C8H8FN3OS/c9-6-1-5(6)8-11-7-2-10-3-12(7)14(8)4-13/h2-6,14H,1H2/t5-,6-/m1/s1. The monoisotopic (exact) mass is 213 g/mol. The second kappa shape index (κ2) is 2.66. The van der Waals surface area contributed by atoms with Crippen LogP contribution < -0.4 is 0 Å². The molecule has 0 N–H and O–H groups in total. The largest absolute Gasteiger partial charge is 0.291 e. The predicted molar refractivity (Wildman–Crippen MR) is 53.5 cm³/mol. The van der Waals surface area contributed by atoms with Gasteiger partial charge in [-0.15, -0.1) is 0 Å². The van der Waals surface area contributed by atoms with Gasteiger partial charge in [-0.05, 0) is 6.42 Å². The number of imidazole rings is 1. The number of alkyl halides is 1. The normalized spacial score (nSPS) is 36.4. The van der Waals surface area contributed by atoms with E-state index in [4.69, 9.17) is 0 Å². The SMILES string of the molecule is O=C[SH]1C([C@@H]2C[C@H]2F)=Nc2cncn21. The molecule has 0 saturated heterocycles. The molecular weight excluding hydrogens is 205 g/mol. The van der Waals surface area contributed by atoms with Crippen molar-refractivity contribution in [3.05, 3.63) is 12.5 Å². The van der Waals surface area contributed by atoms with E-state index in [2.05, 4.69) is 9.98 Å². The van der Waals surface area contributed by atoms with Gasteiger partial charge in [-0.3, -0.25) is 8.77 Å². The number of carbonyl (C=O) groups is 1. The van der Waals surface area contributed by atoms with Crippen LogP contribution >= 0.6 is 11.1 Å². The highest BCUT2D eigenvalue weighted by Gasteiger charge is 2.45. The maximum atomic E-state index is 12.9. The van der Waals surface area contributed by atoms with Gasteiger partial charge >= 0.3 is 0 Å². The fourth-order valence-corrected chi connectivity index (χ4v) is 3.33. The van der Waals surface area contributed by atoms with Gasteiger partial charge in [0.25, 0.3) is 0 Å². The van der Waals surface area contributed by atoms with E-state index in [1.165, 1.54) is 0 Å². The Bertz CT molecular complexity index is 430. The van der Waals surface area contributed by atoms with Gasteiger partial charge in [0.2, 0.25) is 0 Å². The van der Waals surface area contributed by atoms with E-state index in [1.54, 1.807) is 16.5 Å². The van der Waals surface area contributed by atoms with Crippen molar-refractivity contribution < 1.29 is 9.18 Å². The number of hydrogen-bond acceptors (Lipinski definition) is 3. The van der Waals surface area contributed by atoms with E-state index in [-0.39, 0.29) is 5.92 Å². The average molecular weight is 213 g/mol. The van der Waals surface area contributed by atoms with Crippen molar-refractivity contribution >= 4 is 27.6 Å². The fourth-order valence-electron chi connectivity index (χ4n) is 1.60. The Balaban J connectivity index is 2.01. The number of aliphatic imine (C=N–C) groups is 1. The highest BCUT2D eigenvalue weighted by Crippen LogP contribution is 2.49. The van der Waals surface area contributed by atoms with Crippen molar-refractivity contribution in [2.24, 2.45) is 10.9 Å². The molecule has 1 unspecified atom stereocenters. The molecule has 3 rings (SSSR count). The van der Waals surface area contributed by atoms with E-state index in [0.717, 1.165) is 10.7 Å². The molecular formula is C8H8FN3OS. The van der Waals surface area contributed by atoms with Crippen LogP contribution in [0.1, 0.15) is 6.42 Å². The van der Waals surface area contributed by atoms with E-state index < -0.39 is 17.3 Å². The molecule has 1 aliphatic carbocycles. The Morgan fingerprint density at radius 3 is 3.14 bits per heavy atom. The molecule has 1 aromatic rings. The number of fused-ring (bicyclic) bond motifs is 1. The summed E-state index contributed by atoms with van der Waals surface area (Å²) >= 11 is -1.11. The third-order valence-electron chi connectivity index (χ3n) is 2.44. The summed E-state index contributed by atoms with van der Waals surface area (Å²) in [5.41, 5.74) is 0.859. The lowest BCUT2D eigenvalue weighted by molar-refractivity contribution is 0.468. The van der Waals surface area contributed by atoms with E-state index >= 15 is 0 Å². The molecule has 0 radical (unpaired) electrons. The van der Waals surface area contributed by atoms with Crippen LogP contribution in [0.3, 0.4) is 0 Å². The van der Waals surface area contributed by atoms with Gasteiger partial charge < -0.3 is 0 Å². The van der Waals surface area contributed by atoms with E-state index in [9.17, 15) is 9.18 Å². The number of hydrogen-bond donors (Lipinski definition) is 1. The van der Waals surface area contributed by atoms with Gasteiger partial charge in [-0.1, -0.05) is 11.1 Å². The van der Waals surface area contributed by atoms with Crippen molar-refractivity contribution in [1.29, 1.82) is 0 Å². The molecule has 4 nitrogen and oxygen atoms in total. The Morgan fingerprint density at radius 1 is 1.71 bits per heavy atom. The van der Waals surface area contributed by atoms with Crippen molar-refractivity contribution in [1.82, 2.24) is 8.96 Å². The molecule has 14 heavy (non-hydrogen) atoms. The zero-order chi connectivity index (χ0) is 9.71. The number of thiol groups is 1. The minimum absolute atomic E-state index is 0.119. The molecule has 0 aromatic carbocycles. The van der Waals surface area contributed by atoms with Gasteiger partial charge in [0.15, 0.2) is 11.4 Å². The Labute approximate surface area is 82.3 Å². The summed E-state index contributed by atoms with van der Waals surface area (Å²) < 4.78 is 14.6. The number of aromatic nitrogens is 2. The molecule has 6 heteroatoms. The minimum Gasteiger partial charge on any atom is -0.291 e. The van der Waals surface area contributed by atoms with Gasteiger partial charge in [0.05, 0.1) is 11.2 Å². The maximum absolute atomic E-state index is 12.9. The van der Waals surface area contributed by atoms with Crippen LogP contribution in [-0.2, 0) is 4.79 Å². The Morgan fingerprint density at radius 2 is 2.50 bits per heavy atom. The van der Waals surface area contributed by atoms with Crippen LogP contribution in [0.2, 0.25) is 0 Å². The highest BCUT2D eigenvalue weighted by molar-refractivity contribution is 8.39. The van der Waals surface area contributed by atoms with Crippen LogP contribution in [0.4, 0.5) is 10.2 Å². The first kappa shape index (κ1) is 8.16. The lowest BCUT2D eigenvalue weighted by Crippen LogP contribution is -2.05. The van der Waals surface area contributed by atoms with Crippen LogP contribution in [0.15, 0.2) is 17.5 Å². The van der Waals surface area contributed by atoms with Gasteiger partial charge in [0, 0.05) is 5.92 Å². The summed E-state index contributed by atoms with van der Waals surface area (Å²) in [7, 11) is 0. The number of nitrogens with zero attached hydrogens (tertiary/aromatic N) is 3. The van der Waals surface area contributed by atoms with Crippen molar-refractivity contribution in [3.63, 3.8) is 0 Å². The smallest absolute Gasteiger partial charge is 0.178 e. The Hall–Kier alpha value is -1.17. The highest BCUT2D eigenvalue weighted by atomic mass is 32.2. The summed E-state index contributed by atoms with van der Waals surface area (Å²) in [6.07, 6.45) is 2.91. The molecule has 0 spiro atoms. The maximum Gasteiger partial charge on any atom is 0.178 e. The van der Waals surface area contributed by atoms with Crippen molar-refractivity contribution in [2.45, 2.75) is 12.6 Å². The molecule has 2 heterocycles. The van der Waals surface area contributed by atoms with Crippen LogP contribution in [0.25, 0.3) is 0 Å². The molecule has 0 amide bonds. The third-order valence-corrected chi connectivity index (χ3v) is 4.31. The molecule has 3 atom stereocenters. The fraction of sp³-hybridized carbons (Fsp3) is 0.375.